The first-order chi connectivity index (χ1) is 10.3. The van der Waals surface area contributed by atoms with E-state index in [2.05, 4.69) is 24.4 Å². The summed E-state index contributed by atoms with van der Waals surface area (Å²) in [7, 11) is 0. The minimum absolute atomic E-state index is 0.362. The summed E-state index contributed by atoms with van der Waals surface area (Å²) in [5, 5.41) is 3.88. The van der Waals surface area contributed by atoms with E-state index in [0.29, 0.717) is 12.8 Å². The van der Waals surface area contributed by atoms with Crippen molar-refractivity contribution in [3.63, 3.8) is 0 Å². The summed E-state index contributed by atoms with van der Waals surface area (Å²) in [5.74, 6) is 3.77. The Hall–Kier alpha value is -1.22. The lowest BCUT2D eigenvalue weighted by atomic mass is 9.94. The Morgan fingerprint density at radius 1 is 1.19 bits per heavy atom. The van der Waals surface area contributed by atoms with Crippen molar-refractivity contribution in [2.45, 2.75) is 57.5 Å². The summed E-state index contributed by atoms with van der Waals surface area (Å²) >= 11 is 0. The Bertz CT molecular complexity index is 516. The van der Waals surface area contributed by atoms with Gasteiger partial charge in [-0.05, 0) is 68.6 Å². The lowest BCUT2D eigenvalue weighted by molar-refractivity contribution is 0.174. The van der Waals surface area contributed by atoms with Crippen LogP contribution in [0.25, 0.3) is 0 Å². The molecule has 114 valence electrons. The van der Waals surface area contributed by atoms with Crippen molar-refractivity contribution in [2.75, 3.05) is 6.79 Å². The number of ether oxygens (including phenoxy) is 2. The Kier molecular flexibility index (Phi) is 3.54. The van der Waals surface area contributed by atoms with Crippen LogP contribution in [0.15, 0.2) is 18.2 Å². The molecule has 2 bridgehead atoms. The van der Waals surface area contributed by atoms with E-state index < -0.39 is 0 Å². The molecule has 1 N–H and O–H groups in total. The molecule has 2 fully saturated rings. The Morgan fingerprint density at radius 2 is 2.10 bits per heavy atom. The van der Waals surface area contributed by atoms with E-state index >= 15 is 0 Å². The second kappa shape index (κ2) is 5.53. The predicted molar refractivity (Wildman–Crippen MR) is 82.7 cm³/mol. The van der Waals surface area contributed by atoms with Crippen LogP contribution in [0.2, 0.25) is 0 Å². The average Bonchev–Trinajstić information content (AvgIpc) is 3.20. The number of hydrogen-bond donors (Lipinski definition) is 1. The maximum absolute atomic E-state index is 5.45. The number of aryl methyl sites for hydroxylation is 1. The van der Waals surface area contributed by atoms with Crippen molar-refractivity contribution in [3.8, 4) is 11.5 Å². The molecule has 3 heteroatoms. The van der Waals surface area contributed by atoms with E-state index in [1.165, 1.54) is 37.7 Å². The van der Waals surface area contributed by atoms with Crippen LogP contribution in [0.1, 0.15) is 44.6 Å². The fourth-order valence-corrected chi connectivity index (χ4v) is 4.38. The second-order valence-electron chi connectivity index (χ2n) is 7.08. The SMILES string of the molecule is CC(CCc1ccc2c(c1)OCO2)NC1CC2CCC1C2. The molecule has 0 saturated heterocycles. The van der Waals surface area contributed by atoms with Gasteiger partial charge in [0.25, 0.3) is 0 Å². The summed E-state index contributed by atoms with van der Waals surface area (Å²) in [6, 6.07) is 7.71. The third-order valence-corrected chi connectivity index (χ3v) is 5.54. The first kappa shape index (κ1) is 13.4. The zero-order valence-corrected chi connectivity index (χ0v) is 12.8. The topological polar surface area (TPSA) is 30.5 Å². The average molecular weight is 287 g/mol. The highest BCUT2D eigenvalue weighted by atomic mass is 16.7. The zero-order chi connectivity index (χ0) is 14.2. The molecular formula is C18H25NO2. The molecule has 1 aromatic rings. The monoisotopic (exact) mass is 287 g/mol. The molecule has 3 aliphatic rings. The molecule has 0 amide bonds. The molecular weight excluding hydrogens is 262 g/mol. The van der Waals surface area contributed by atoms with Gasteiger partial charge in [0.1, 0.15) is 0 Å². The van der Waals surface area contributed by atoms with E-state index in [1.807, 2.05) is 6.07 Å². The van der Waals surface area contributed by atoms with Crippen LogP contribution in [0.4, 0.5) is 0 Å². The van der Waals surface area contributed by atoms with Crippen molar-refractivity contribution in [3.05, 3.63) is 23.8 Å². The summed E-state index contributed by atoms with van der Waals surface area (Å²) in [5.41, 5.74) is 1.35. The van der Waals surface area contributed by atoms with Gasteiger partial charge in [0.05, 0.1) is 0 Å². The quantitative estimate of drug-likeness (QED) is 0.899. The van der Waals surface area contributed by atoms with Gasteiger partial charge < -0.3 is 14.8 Å². The number of hydrogen-bond acceptors (Lipinski definition) is 3. The predicted octanol–water partition coefficient (Wildman–Crippen LogP) is 3.51. The van der Waals surface area contributed by atoms with Crippen LogP contribution >= 0.6 is 0 Å². The molecule has 4 rings (SSSR count). The van der Waals surface area contributed by atoms with Crippen molar-refractivity contribution < 1.29 is 9.47 Å². The second-order valence-corrected chi connectivity index (χ2v) is 7.08. The first-order valence-electron chi connectivity index (χ1n) is 8.42. The molecule has 2 aliphatic carbocycles. The third-order valence-electron chi connectivity index (χ3n) is 5.54. The summed E-state index contributed by atoms with van der Waals surface area (Å²) in [6.07, 6.45) is 8.12. The summed E-state index contributed by atoms with van der Waals surface area (Å²) in [4.78, 5) is 0. The van der Waals surface area contributed by atoms with Gasteiger partial charge in [-0.2, -0.15) is 0 Å². The number of nitrogens with one attached hydrogen (secondary N) is 1. The highest BCUT2D eigenvalue weighted by Gasteiger charge is 2.39. The fourth-order valence-electron chi connectivity index (χ4n) is 4.38. The van der Waals surface area contributed by atoms with Gasteiger partial charge in [-0.25, -0.2) is 0 Å². The maximum atomic E-state index is 5.45. The van der Waals surface area contributed by atoms with Crippen LogP contribution < -0.4 is 14.8 Å². The smallest absolute Gasteiger partial charge is 0.231 e. The van der Waals surface area contributed by atoms with Gasteiger partial charge in [-0.15, -0.1) is 0 Å². The highest BCUT2D eigenvalue weighted by Crippen LogP contribution is 2.44. The lowest BCUT2D eigenvalue weighted by Gasteiger charge is -2.27. The molecule has 1 aliphatic heterocycles. The van der Waals surface area contributed by atoms with E-state index in [4.69, 9.17) is 9.47 Å². The van der Waals surface area contributed by atoms with Gasteiger partial charge in [0.2, 0.25) is 6.79 Å². The molecule has 0 aromatic heterocycles. The van der Waals surface area contributed by atoms with Crippen LogP contribution in [-0.2, 0) is 6.42 Å². The van der Waals surface area contributed by atoms with Gasteiger partial charge in [0, 0.05) is 12.1 Å². The molecule has 2 saturated carbocycles. The number of benzene rings is 1. The molecule has 21 heavy (non-hydrogen) atoms. The molecule has 0 radical (unpaired) electrons. The van der Waals surface area contributed by atoms with E-state index in [1.54, 1.807) is 0 Å². The molecule has 0 spiro atoms. The summed E-state index contributed by atoms with van der Waals surface area (Å²) in [6.45, 7) is 2.69. The minimum atomic E-state index is 0.362. The summed E-state index contributed by atoms with van der Waals surface area (Å²) < 4.78 is 10.8. The normalized spacial score (nSPS) is 30.8. The Labute approximate surface area is 127 Å². The number of rotatable bonds is 5. The van der Waals surface area contributed by atoms with Gasteiger partial charge in [-0.3, -0.25) is 0 Å². The molecule has 1 aromatic carbocycles. The molecule has 4 unspecified atom stereocenters. The lowest BCUT2D eigenvalue weighted by Crippen LogP contribution is -2.40. The van der Waals surface area contributed by atoms with E-state index in [0.717, 1.165) is 35.8 Å². The zero-order valence-electron chi connectivity index (χ0n) is 12.8. The highest BCUT2D eigenvalue weighted by molar-refractivity contribution is 5.44. The van der Waals surface area contributed by atoms with Crippen molar-refractivity contribution in [2.24, 2.45) is 11.8 Å². The fraction of sp³-hybridized carbons (Fsp3) is 0.667. The third kappa shape index (κ3) is 2.76. The molecule has 4 atom stereocenters. The van der Waals surface area contributed by atoms with Crippen LogP contribution in [0.3, 0.4) is 0 Å². The van der Waals surface area contributed by atoms with Crippen molar-refractivity contribution >= 4 is 0 Å². The van der Waals surface area contributed by atoms with E-state index in [9.17, 15) is 0 Å². The maximum Gasteiger partial charge on any atom is 0.231 e. The Morgan fingerprint density at radius 3 is 2.90 bits per heavy atom. The Balaban J connectivity index is 1.28. The van der Waals surface area contributed by atoms with Gasteiger partial charge in [-0.1, -0.05) is 12.5 Å². The van der Waals surface area contributed by atoms with Crippen LogP contribution in [-0.4, -0.2) is 18.9 Å². The number of fused-ring (bicyclic) bond motifs is 3. The van der Waals surface area contributed by atoms with Crippen LogP contribution in [0.5, 0.6) is 11.5 Å². The molecule has 3 nitrogen and oxygen atoms in total. The van der Waals surface area contributed by atoms with E-state index in [-0.39, 0.29) is 0 Å². The van der Waals surface area contributed by atoms with Gasteiger partial charge in [0.15, 0.2) is 11.5 Å². The van der Waals surface area contributed by atoms with Crippen molar-refractivity contribution in [1.29, 1.82) is 0 Å². The molecule has 1 heterocycles. The van der Waals surface area contributed by atoms with Gasteiger partial charge >= 0.3 is 0 Å². The van der Waals surface area contributed by atoms with Crippen LogP contribution in [0, 0.1) is 11.8 Å². The minimum Gasteiger partial charge on any atom is -0.454 e. The van der Waals surface area contributed by atoms with Crippen molar-refractivity contribution in [1.82, 2.24) is 5.32 Å². The standard InChI is InChI=1S/C18H25NO2/c1-12(19-16-9-14-4-6-15(16)8-14)2-3-13-5-7-17-18(10-13)21-11-20-17/h5,7,10,12,14-16,19H,2-4,6,8-9,11H2,1H3. The first-order valence-corrected chi connectivity index (χ1v) is 8.42. The largest absolute Gasteiger partial charge is 0.454 e.